The first-order valence-corrected chi connectivity index (χ1v) is 7.81. The van der Waals surface area contributed by atoms with Gasteiger partial charge >= 0.3 is 0 Å². The number of ether oxygens (including phenoxy) is 2. The average Bonchev–Trinajstić information content (AvgIpc) is 2.52. The highest BCUT2D eigenvalue weighted by atomic mass is 16.5. The van der Waals surface area contributed by atoms with Crippen molar-refractivity contribution < 1.29 is 9.47 Å². The summed E-state index contributed by atoms with van der Waals surface area (Å²) in [6.07, 6.45) is 8.66. The molecule has 21 heavy (non-hydrogen) atoms. The summed E-state index contributed by atoms with van der Waals surface area (Å²) < 4.78 is 11.0. The van der Waals surface area contributed by atoms with Crippen molar-refractivity contribution in [3.8, 4) is 23.3 Å². The Morgan fingerprint density at radius 2 is 1.71 bits per heavy atom. The smallest absolute Gasteiger partial charge is 0.173 e. The normalized spacial score (nSPS) is 10.7. The highest BCUT2D eigenvalue weighted by Gasteiger charge is 1.99. The highest BCUT2D eigenvalue weighted by Crippen LogP contribution is 2.19. The van der Waals surface area contributed by atoms with Gasteiger partial charge in [0, 0.05) is 6.42 Å². The van der Waals surface area contributed by atoms with E-state index in [2.05, 4.69) is 31.8 Å². The fourth-order valence-electron chi connectivity index (χ4n) is 1.74. The molecule has 1 rings (SSSR count). The van der Waals surface area contributed by atoms with Crippen LogP contribution in [0.1, 0.15) is 52.4 Å². The van der Waals surface area contributed by atoms with Crippen LogP contribution in [0, 0.1) is 11.8 Å². The van der Waals surface area contributed by atoms with Gasteiger partial charge in [-0.1, -0.05) is 32.6 Å². The van der Waals surface area contributed by atoms with E-state index in [0.717, 1.165) is 42.9 Å². The van der Waals surface area contributed by atoms with Crippen LogP contribution >= 0.6 is 0 Å². The first-order chi connectivity index (χ1) is 10.3. The average molecular weight is 286 g/mol. The van der Waals surface area contributed by atoms with Gasteiger partial charge < -0.3 is 9.47 Å². The van der Waals surface area contributed by atoms with E-state index in [1.54, 1.807) is 7.11 Å². The van der Waals surface area contributed by atoms with E-state index in [9.17, 15) is 0 Å². The molecular formula is C19H26O2. The summed E-state index contributed by atoms with van der Waals surface area (Å²) >= 11 is 0. The third-order valence-electron chi connectivity index (χ3n) is 3.04. The summed E-state index contributed by atoms with van der Waals surface area (Å²) in [5.74, 6) is 8.71. The molecule has 2 nitrogen and oxygen atoms in total. The summed E-state index contributed by atoms with van der Waals surface area (Å²) in [4.78, 5) is 0. The first-order valence-electron chi connectivity index (χ1n) is 7.81. The van der Waals surface area contributed by atoms with E-state index < -0.39 is 0 Å². The Balaban J connectivity index is 2.69. The molecule has 0 heterocycles. The lowest BCUT2D eigenvalue weighted by molar-refractivity contribution is 0.411. The quantitative estimate of drug-likeness (QED) is 0.365. The molecule has 114 valence electrons. The predicted molar refractivity (Wildman–Crippen MR) is 88.5 cm³/mol. The number of unbranched alkanes of at least 4 members (excludes halogenated alkanes) is 4. The van der Waals surface area contributed by atoms with Crippen LogP contribution in [0.2, 0.25) is 0 Å². The minimum Gasteiger partial charge on any atom is -0.497 e. The molecule has 1 aromatic carbocycles. The monoisotopic (exact) mass is 286 g/mol. The van der Waals surface area contributed by atoms with Crippen molar-refractivity contribution in [3.05, 3.63) is 36.1 Å². The number of allylic oxidation sites excluding steroid dienone is 2. The topological polar surface area (TPSA) is 18.5 Å². The molecule has 0 fully saturated rings. The Morgan fingerprint density at radius 3 is 2.33 bits per heavy atom. The van der Waals surface area contributed by atoms with Crippen LogP contribution in [0.3, 0.4) is 0 Å². The van der Waals surface area contributed by atoms with Crippen LogP contribution in [0.25, 0.3) is 0 Å². The third-order valence-corrected chi connectivity index (χ3v) is 3.04. The molecule has 0 saturated heterocycles. The van der Waals surface area contributed by atoms with Crippen LogP contribution in [-0.2, 0) is 0 Å². The molecule has 0 saturated carbocycles. The summed E-state index contributed by atoms with van der Waals surface area (Å²) in [6.45, 7) is 4.36. The van der Waals surface area contributed by atoms with E-state index in [1.165, 1.54) is 12.8 Å². The van der Waals surface area contributed by atoms with Gasteiger partial charge in [0.15, 0.2) is 5.76 Å². The Morgan fingerprint density at radius 1 is 1.05 bits per heavy atom. The van der Waals surface area contributed by atoms with Crippen LogP contribution < -0.4 is 9.47 Å². The lowest BCUT2D eigenvalue weighted by Gasteiger charge is -2.06. The summed E-state index contributed by atoms with van der Waals surface area (Å²) in [6, 6.07) is 7.59. The van der Waals surface area contributed by atoms with Crippen molar-refractivity contribution in [2.45, 2.75) is 52.4 Å². The van der Waals surface area contributed by atoms with Crippen molar-refractivity contribution in [1.82, 2.24) is 0 Å². The maximum atomic E-state index is 5.87. The van der Waals surface area contributed by atoms with Gasteiger partial charge in [-0.2, -0.15) is 0 Å². The zero-order valence-corrected chi connectivity index (χ0v) is 13.4. The molecule has 0 aromatic heterocycles. The van der Waals surface area contributed by atoms with Gasteiger partial charge in [0.1, 0.15) is 11.5 Å². The number of hydrogen-bond donors (Lipinski definition) is 0. The minimum absolute atomic E-state index is 0.754. The molecular weight excluding hydrogens is 260 g/mol. The number of methoxy groups -OCH3 is 1. The van der Waals surface area contributed by atoms with Crippen LogP contribution in [0.4, 0.5) is 0 Å². The maximum Gasteiger partial charge on any atom is 0.173 e. The molecule has 0 amide bonds. The van der Waals surface area contributed by atoms with E-state index in [1.807, 2.05) is 24.3 Å². The molecule has 0 spiro atoms. The lowest BCUT2D eigenvalue weighted by Crippen LogP contribution is -1.93. The Labute approximate surface area is 129 Å². The number of hydrogen-bond acceptors (Lipinski definition) is 2. The molecule has 0 aliphatic heterocycles. The maximum absolute atomic E-state index is 5.87. The van der Waals surface area contributed by atoms with Gasteiger partial charge in [-0.25, -0.2) is 0 Å². The van der Waals surface area contributed by atoms with E-state index in [0.29, 0.717) is 0 Å². The van der Waals surface area contributed by atoms with Crippen LogP contribution in [-0.4, -0.2) is 7.11 Å². The summed E-state index contributed by atoms with van der Waals surface area (Å²) in [5, 5.41) is 0. The van der Waals surface area contributed by atoms with E-state index >= 15 is 0 Å². The van der Waals surface area contributed by atoms with Crippen molar-refractivity contribution in [1.29, 1.82) is 0 Å². The van der Waals surface area contributed by atoms with Crippen molar-refractivity contribution in [2.75, 3.05) is 7.11 Å². The van der Waals surface area contributed by atoms with Gasteiger partial charge in [0.2, 0.25) is 0 Å². The van der Waals surface area contributed by atoms with Crippen LogP contribution in [0.5, 0.6) is 11.5 Å². The van der Waals surface area contributed by atoms with Gasteiger partial charge in [0.25, 0.3) is 0 Å². The van der Waals surface area contributed by atoms with Crippen molar-refractivity contribution in [3.63, 3.8) is 0 Å². The summed E-state index contributed by atoms with van der Waals surface area (Å²) in [7, 11) is 1.66. The zero-order valence-electron chi connectivity index (χ0n) is 13.4. The first kappa shape index (κ1) is 17.2. The number of benzene rings is 1. The molecule has 0 radical (unpaired) electrons. The molecule has 0 unspecified atom stereocenters. The molecule has 1 aromatic rings. The Bertz CT molecular complexity index is 475. The Hall–Kier alpha value is -1.88. The second kappa shape index (κ2) is 10.9. The SMILES string of the molecule is CCCCC#C/C(=C/CCCC)Oc1ccc(OC)cc1. The molecule has 0 atom stereocenters. The molecule has 0 N–H and O–H groups in total. The Kier molecular flexibility index (Phi) is 8.88. The van der Waals surface area contributed by atoms with Gasteiger partial charge in [0.05, 0.1) is 7.11 Å². The fourth-order valence-corrected chi connectivity index (χ4v) is 1.74. The second-order valence-corrected chi connectivity index (χ2v) is 4.89. The molecule has 0 bridgehead atoms. The second-order valence-electron chi connectivity index (χ2n) is 4.89. The van der Waals surface area contributed by atoms with Crippen molar-refractivity contribution >= 4 is 0 Å². The summed E-state index contributed by atoms with van der Waals surface area (Å²) in [5.41, 5.74) is 0. The standard InChI is InChI=1S/C19H26O2/c1-4-6-8-10-12-18(11-9-7-5-2)21-19-15-13-17(20-3)14-16-19/h11,13-16H,4-9H2,1-3H3/b18-11-. The molecule has 0 aliphatic carbocycles. The van der Waals surface area contributed by atoms with E-state index in [4.69, 9.17) is 9.47 Å². The fraction of sp³-hybridized carbons (Fsp3) is 0.474. The van der Waals surface area contributed by atoms with E-state index in [-0.39, 0.29) is 0 Å². The van der Waals surface area contributed by atoms with Gasteiger partial charge in [-0.3, -0.25) is 0 Å². The lowest BCUT2D eigenvalue weighted by atomic mass is 10.2. The third kappa shape index (κ3) is 7.46. The minimum atomic E-state index is 0.754. The number of rotatable bonds is 8. The highest BCUT2D eigenvalue weighted by molar-refractivity contribution is 5.35. The zero-order chi connectivity index (χ0) is 15.3. The molecule has 2 heteroatoms. The van der Waals surface area contributed by atoms with Crippen molar-refractivity contribution in [2.24, 2.45) is 0 Å². The van der Waals surface area contributed by atoms with Crippen LogP contribution in [0.15, 0.2) is 36.1 Å². The van der Waals surface area contributed by atoms with Gasteiger partial charge in [-0.15, -0.1) is 0 Å². The van der Waals surface area contributed by atoms with Gasteiger partial charge in [-0.05, 0) is 55.5 Å². The predicted octanol–water partition coefficient (Wildman–Crippen LogP) is 5.34. The molecule has 0 aliphatic rings. The largest absolute Gasteiger partial charge is 0.497 e.